The standard InChI is InChI=1S/C21H22FNO4S/c1-15(24)28-14-17(12-16-8-4-3-5-9-16)21(26)23(13-20(25)27-2)19-11-7-6-10-18(19)22/h3-11,17H,12-14H2,1-2H3. The molecule has 2 aromatic carbocycles. The Morgan fingerprint density at radius 1 is 1.07 bits per heavy atom. The van der Waals surface area contributed by atoms with Gasteiger partial charge in [0.1, 0.15) is 12.4 Å². The Hall–Kier alpha value is -2.67. The summed E-state index contributed by atoms with van der Waals surface area (Å²) in [6, 6.07) is 15.1. The Bertz CT molecular complexity index is 828. The van der Waals surface area contributed by atoms with Gasteiger partial charge in [-0.15, -0.1) is 0 Å². The van der Waals surface area contributed by atoms with Gasteiger partial charge in [-0.3, -0.25) is 19.3 Å². The van der Waals surface area contributed by atoms with E-state index in [-0.39, 0.29) is 16.6 Å². The van der Waals surface area contributed by atoms with Gasteiger partial charge in [0.2, 0.25) is 5.91 Å². The van der Waals surface area contributed by atoms with Crippen molar-refractivity contribution < 1.29 is 23.5 Å². The molecule has 0 aromatic heterocycles. The fourth-order valence-corrected chi connectivity index (χ4v) is 3.40. The van der Waals surface area contributed by atoms with Gasteiger partial charge in [-0.1, -0.05) is 54.2 Å². The van der Waals surface area contributed by atoms with Gasteiger partial charge >= 0.3 is 5.97 Å². The molecule has 5 nitrogen and oxygen atoms in total. The van der Waals surface area contributed by atoms with E-state index in [1.54, 1.807) is 6.07 Å². The molecule has 0 aliphatic rings. The number of para-hydroxylation sites is 1. The average Bonchev–Trinajstić information content (AvgIpc) is 2.70. The van der Waals surface area contributed by atoms with E-state index in [2.05, 4.69) is 4.74 Å². The van der Waals surface area contributed by atoms with E-state index < -0.39 is 30.2 Å². The van der Waals surface area contributed by atoms with Crippen molar-refractivity contribution in [2.75, 3.05) is 24.3 Å². The zero-order valence-electron chi connectivity index (χ0n) is 15.8. The molecule has 2 rings (SSSR count). The van der Waals surface area contributed by atoms with Crippen molar-refractivity contribution in [1.29, 1.82) is 0 Å². The second-order valence-electron chi connectivity index (χ2n) is 6.14. The van der Waals surface area contributed by atoms with Gasteiger partial charge in [-0.2, -0.15) is 0 Å². The van der Waals surface area contributed by atoms with Crippen molar-refractivity contribution in [3.05, 3.63) is 66.0 Å². The largest absolute Gasteiger partial charge is 0.468 e. The molecule has 0 radical (unpaired) electrons. The predicted molar refractivity (Wildman–Crippen MR) is 108 cm³/mol. The quantitative estimate of drug-likeness (QED) is 0.632. The zero-order valence-corrected chi connectivity index (χ0v) is 16.6. The number of halogens is 1. The van der Waals surface area contributed by atoms with Crippen LogP contribution in [0.15, 0.2) is 54.6 Å². The molecule has 0 spiro atoms. The number of esters is 1. The molecule has 0 fully saturated rings. The Kier molecular flexibility index (Phi) is 8.19. The molecule has 0 saturated heterocycles. The topological polar surface area (TPSA) is 63.7 Å². The molecule has 0 aliphatic carbocycles. The number of carbonyl (C=O) groups is 3. The van der Waals surface area contributed by atoms with Crippen molar-refractivity contribution in [2.45, 2.75) is 13.3 Å². The minimum absolute atomic E-state index is 0.00351. The van der Waals surface area contributed by atoms with Crippen molar-refractivity contribution in [3.63, 3.8) is 0 Å². The molecular formula is C21H22FNO4S. The van der Waals surface area contributed by atoms with Crippen LogP contribution in [0.3, 0.4) is 0 Å². The number of methoxy groups -OCH3 is 1. The Morgan fingerprint density at radius 2 is 1.71 bits per heavy atom. The highest BCUT2D eigenvalue weighted by Crippen LogP contribution is 2.24. The van der Waals surface area contributed by atoms with Crippen LogP contribution < -0.4 is 4.90 Å². The van der Waals surface area contributed by atoms with E-state index in [4.69, 9.17) is 0 Å². The summed E-state index contributed by atoms with van der Waals surface area (Å²) >= 11 is 1.03. The van der Waals surface area contributed by atoms with Crippen molar-refractivity contribution >= 4 is 34.4 Å². The fraction of sp³-hybridized carbons (Fsp3) is 0.286. The summed E-state index contributed by atoms with van der Waals surface area (Å²) in [5, 5.41) is -0.115. The van der Waals surface area contributed by atoms with Crippen LogP contribution in [-0.2, 0) is 25.5 Å². The Labute approximate surface area is 167 Å². The monoisotopic (exact) mass is 403 g/mol. The molecule has 7 heteroatoms. The summed E-state index contributed by atoms with van der Waals surface area (Å²) in [6.45, 7) is 1.02. The Balaban J connectivity index is 2.35. The van der Waals surface area contributed by atoms with Crippen LogP contribution in [0.25, 0.3) is 0 Å². The summed E-state index contributed by atoms with van der Waals surface area (Å²) in [5.74, 6) is -2.09. The smallest absolute Gasteiger partial charge is 0.325 e. The highest BCUT2D eigenvalue weighted by atomic mass is 32.2. The van der Waals surface area contributed by atoms with Crippen molar-refractivity contribution in [3.8, 4) is 0 Å². The van der Waals surface area contributed by atoms with E-state index in [9.17, 15) is 18.8 Å². The number of ether oxygens (including phenoxy) is 1. The maximum Gasteiger partial charge on any atom is 0.325 e. The fourth-order valence-electron chi connectivity index (χ4n) is 2.70. The molecule has 0 N–H and O–H groups in total. The summed E-state index contributed by atoms with van der Waals surface area (Å²) < 4.78 is 19.0. The van der Waals surface area contributed by atoms with Gasteiger partial charge in [0, 0.05) is 12.7 Å². The third-order valence-electron chi connectivity index (χ3n) is 4.09. The van der Waals surface area contributed by atoms with Gasteiger partial charge in [0.15, 0.2) is 5.12 Å². The highest BCUT2D eigenvalue weighted by molar-refractivity contribution is 8.13. The van der Waals surface area contributed by atoms with E-state index in [0.29, 0.717) is 6.42 Å². The van der Waals surface area contributed by atoms with E-state index >= 15 is 0 Å². The van der Waals surface area contributed by atoms with Gasteiger partial charge in [-0.25, -0.2) is 4.39 Å². The lowest BCUT2D eigenvalue weighted by atomic mass is 9.99. The zero-order chi connectivity index (χ0) is 20.5. The van der Waals surface area contributed by atoms with Crippen LogP contribution in [0.4, 0.5) is 10.1 Å². The average molecular weight is 403 g/mol. The van der Waals surface area contributed by atoms with Crippen LogP contribution >= 0.6 is 11.8 Å². The first kappa shape index (κ1) is 21.6. The lowest BCUT2D eigenvalue weighted by Gasteiger charge is -2.27. The molecule has 0 heterocycles. The molecule has 28 heavy (non-hydrogen) atoms. The second kappa shape index (κ2) is 10.6. The predicted octanol–water partition coefficient (Wildman–Crippen LogP) is 3.47. The lowest BCUT2D eigenvalue weighted by molar-refractivity contribution is -0.140. The highest BCUT2D eigenvalue weighted by Gasteiger charge is 2.29. The van der Waals surface area contributed by atoms with Gasteiger partial charge < -0.3 is 4.74 Å². The number of nitrogens with zero attached hydrogens (tertiary/aromatic N) is 1. The van der Waals surface area contributed by atoms with Gasteiger partial charge in [-0.05, 0) is 24.1 Å². The van der Waals surface area contributed by atoms with Crippen molar-refractivity contribution in [1.82, 2.24) is 0 Å². The minimum Gasteiger partial charge on any atom is -0.468 e. The molecule has 0 saturated carbocycles. The summed E-state index contributed by atoms with van der Waals surface area (Å²) in [7, 11) is 1.21. The third kappa shape index (κ3) is 6.20. The number of amides is 1. The molecule has 2 aromatic rings. The molecule has 1 unspecified atom stereocenters. The number of anilines is 1. The number of benzene rings is 2. The van der Waals surface area contributed by atoms with Crippen LogP contribution in [0, 0.1) is 11.7 Å². The number of thioether (sulfide) groups is 1. The second-order valence-corrected chi connectivity index (χ2v) is 7.34. The molecular weight excluding hydrogens is 381 g/mol. The molecule has 0 aliphatic heterocycles. The number of hydrogen-bond donors (Lipinski definition) is 0. The van der Waals surface area contributed by atoms with E-state index in [0.717, 1.165) is 22.2 Å². The van der Waals surface area contributed by atoms with E-state index in [1.165, 1.54) is 32.2 Å². The molecule has 1 amide bonds. The molecule has 148 valence electrons. The first-order valence-corrected chi connectivity index (χ1v) is 9.71. The SMILES string of the molecule is COC(=O)CN(C(=O)C(CSC(C)=O)Cc1ccccc1)c1ccccc1F. The summed E-state index contributed by atoms with van der Waals surface area (Å²) in [4.78, 5) is 37.7. The first-order chi connectivity index (χ1) is 13.4. The van der Waals surface area contributed by atoms with Gasteiger partial charge in [0.05, 0.1) is 18.7 Å². The first-order valence-electron chi connectivity index (χ1n) is 8.72. The van der Waals surface area contributed by atoms with Crippen LogP contribution in [0.5, 0.6) is 0 Å². The van der Waals surface area contributed by atoms with Crippen LogP contribution in [-0.4, -0.2) is 36.4 Å². The summed E-state index contributed by atoms with van der Waals surface area (Å²) in [6.07, 6.45) is 0.367. The number of rotatable bonds is 8. The normalized spacial score (nSPS) is 11.5. The maximum absolute atomic E-state index is 14.4. The van der Waals surface area contributed by atoms with Gasteiger partial charge in [0.25, 0.3) is 0 Å². The molecule has 0 bridgehead atoms. The van der Waals surface area contributed by atoms with Crippen LogP contribution in [0.1, 0.15) is 12.5 Å². The molecule has 1 atom stereocenters. The maximum atomic E-state index is 14.4. The number of carbonyl (C=O) groups excluding carboxylic acids is 3. The lowest BCUT2D eigenvalue weighted by Crippen LogP contribution is -2.42. The van der Waals surface area contributed by atoms with E-state index in [1.807, 2.05) is 30.3 Å². The Morgan fingerprint density at radius 3 is 2.32 bits per heavy atom. The minimum atomic E-state index is -0.658. The van der Waals surface area contributed by atoms with Crippen LogP contribution in [0.2, 0.25) is 0 Å². The third-order valence-corrected chi connectivity index (χ3v) is 5.06. The number of hydrogen-bond acceptors (Lipinski definition) is 5. The summed E-state index contributed by atoms with van der Waals surface area (Å²) in [5.41, 5.74) is 0.917. The van der Waals surface area contributed by atoms with Crippen molar-refractivity contribution in [2.24, 2.45) is 5.92 Å².